The Morgan fingerprint density at radius 3 is 2.61 bits per heavy atom. The van der Waals surface area contributed by atoms with Crippen LogP contribution in [0.15, 0.2) is 42.5 Å². The van der Waals surface area contributed by atoms with E-state index in [1.165, 1.54) is 0 Å². The van der Waals surface area contributed by atoms with Gasteiger partial charge in [0.2, 0.25) is 0 Å². The van der Waals surface area contributed by atoms with Gasteiger partial charge in [0.15, 0.2) is 11.5 Å². The number of unbranched alkanes of at least 4 members (excludes halogenated alkanes) is 1. The number of amides is 1. The molecule has 0 saturated heterocycles. The van der Waals surface area contributed by atoms with Crippen LogP contribution in [-0.2, 0) is 0 Å². The number of hydrogen-bond donors (Lipinski definition) is 2. The van der Waals surface area contributed by atoms with E-state index in [0.29, 0.717) is 48.2 Å². The Labute approximate surface area is 194 Å². The third-order valence-corrected chi connectivity index (χ3v) is 5.82. The minimum Gasteiger partial charge on any atom is -0.507 e. The zero-order valence-electron chi connectivity index (χ0n) is 19.4. The highest BCUT2D eigenvalue weighted by atomic mass is 16.5. The summed E-state index contributed by atoms with van der Waals surface area (Å²) in [4.78, 5) is 15.3. The van der Waals surface area contributed by atoms with Gasteiger partial charge in [-0.05, 0) is 49.6 Å². The first-order chi connectivity index (χ1) is 16.1. The maximum atomic E-state index is 13.4. The molecule has 2 heterocycles. The van der Waals surface area contributed by atoms with E-state index in [1.54, 1.807) is 12.1 Å². The number of hydrogen-bond acceptors (Lipinski definition) is 5. The Balaban J connectivity index is 1.84. The highest BCUT2D eigenvalue weighted by Gasteiger charge is 2.42. The molecule has 0 fully saturated rings. The quantitative estimate of drug-likeness (QED) is 0.438. The van der Waals surface area contributed by atoms with Crippen LogP contribution >= 0.6 is 0 Å². The van der Waals surface area contributed by atoms with Crippen LogP contribution in [0.4, 0.5) is 0 Å². The number of phenols is 1. The van der Waals surface area contributed by atoms with Gasteiger partial charge in [0.25, 0.3) is 5.91 Å². The molecule has 7 heteroatoms. The Kier molecular flexibility index (Phi) is 6.87. The van der Waals surface area contributed by atoms with Crippen molar-refractivity contribution in [2.45, 2.75) is 46.1 Å². The number of rotatable bonds is 10. The fourth-order valence-electron chi connectivity index (χ4n) is 4.28. The zero-order chi connectivity index (χ0) is 23.4. The first kappa shape index (κ1) is 22.7. The zero-order valence-corrected chi connectivity index (χ0v) is 19.4. The molecule has 1 amide bonds. The topological polar surface area (TPSA) is 87.7 Å². The second-order valence-electron chi connectivity index (χ2n) is 8.12. The molecule has 2 aromatic carbocycles. The first-order valence-electron chi connectivity index (χ1n) is 11.7. The van der Waals surface area contributed by atoms with E-state index in [2.05, 4.69) is 24.0 Å². The van der Waals surface area contributed by atoms with Gasteiger partial charge in [0.05, 0.1) is 19.3 Å². The normalized spacial score (nSPS) is 15.1. The van der Waals surface area contributed by atoms with Gasteiger partial charge < -0.3 is 19.5 Å². The van der Waals surface area contributed by atoms with E-state index < -0.39 is 0 Å². The van der Waals surface area contributed by atoms with Crippen LogP contribution in [-0.4, -0.2) is 45.9 Å². The summed E-state index contributed by atoms with van der Waals surface area (Å²) < 4.78 is 11.8. The molecule has 0 bridgehead atoms. The van der Waals surface area contributed by atoms with Crippen molar-refractivity contribution in [3.05, 3.63) is 59.3 Å². The molecule has 0 spiro atoms. The van der Waals surface area contributed by atoms with E-state index in [4.69, 9.17) is 9.47 Å². The van der Waals surface area contributed by atoms with Crippen molar-refractivity contribution in [2.24, 2.45) is 0 Å². The highest BCUT2D eigenvalue weighted by molar-refractivity contribution is 6.00. The number of nitrogens with zero attached hydrogens (tertiary/aromatic N) is 2. The molecule has 1 aliphatic rings. The highest BCUT2D eigenvalue weighted by Crippen LogP contribution is 2.46. The van der Waals surface area contributed by atoms with Crippen LogP contribution in [0.1, 0.15) is 67.7 Å². The van der Waals surface area contributed by atoms with Gasteiger partial charge in [-0.25, -0.2) is 0 Å². The molecule has 3 aromatic rings. The molecule has 174 valence electrons. The lowest BCUT2D eigenvalue weighted by atomic mass is 9.95. The van der Waals surface area contributed by atoms with E-state index in [9.17, 15) is 9.90 Å². The fourth-order valence-corrected chi connectivity index (χ4v) is 4.28. The minimum atomic E-state index is -0.341. The van der Waals surface area contributed by atoms with Crippen molar-refractivity contribution in [2.75, 3.05) is 19.8 Å². The molecule has 1 atom stereocenters. The number of phenolic OH excluding ortho intramolecular Hbond substituents is 1. The predicted molar refractivity (Wildman–Crippen MR) is 127 cm³/mol. The number of aromatic amines is 1. The van der Waals surface area contributed by atoms with E-state index in [1.807, 2.05) is 42.2 Å². The molecule has 33 heavy (non-hydrogen) atoms. The second-order valence-corrected chi connectivity index (χ2v) is 8.12. The number of aromatic hydroxyl groups is 1. The van der Waals surface area contributed by atoms with Crippen LogP contribution in [0.2, 0.25) is 0 Å². The molecule has 7 nitrogen and oxygen atoms in total. The molecule has 0 unspecified atom stereocenters. The predicted octanol–water partition coefficient (Wildman–Crippen LogP) is 5.32. The number of nitrogens with one attached hydrogen (secondary N) is 1. The summed E-state index contributed by atoms with van der Waals surface area (Å²) in [5, 5.41) is 17.9. The molecule has 2 N–H and O–H groups in total. The summed E-state index contributed by atoms with van der Waals surface area (Å²) in [7, 11) is 0. The Hall–Kier alpha value is -3.48. The number of carbonyl (C=O) groups excluding carboxylic acids is 1. The SMILES string of the molecule is CCCCN1C(=O)c2[nH]nc(-c3ccccc3O)c2[C@@H]1c1ccc(OCCC)c(OCC)c1. The molecular formula is C26H31N3O4. The largest absolute Gasteiger partial charge is 0.507 e. The molecule has 0 radical (unpaired) electrons. The Morgan fingerprint density at radius 1 is 1.06 bits per heavy atom. The van der Waals surface area contributed by atoms with Gasteiger partial charge in [-0.1, -0.05) is 38.5 Å². The van der Waals surface area contributed by atoms with Gasteiger partial charge in [0, 0.05) is 17.7 Å². The summed E-state index contributed by atoms with van der Waals surface area (Å²) in [6.07, 6.45) is 2.77. The van der Waals surface area contributed by atoms with Crippen molar-refractivity contribution >= 4 is 5.91 Å². The average molecular weight is 450 g/mol. The Morgan fingerprint density at radius 2 is 1.88 bits per heavy atom. The minimum absolute atomic E-state index is 0.0816. The maximum Gasteiger partial charge on any atom is 0.273 e. The van der Waals surface area contributed by atoms with Crippen LogP contribution in [0.3, 0.4) is 0 Å². The average Bonchev–Trinajstić information content (AvgIpc) is 3.36. The summed E-state index contributed by atoms with van der Waals surface area (Å²) in [6.45, 7) is 7.85. The number of benzene rings is 2. The number of H-pyrrole nitrogens is 1. The van der Waals surface area contributed by atoms with Gasteiger partial charge in [-0.15, -0.1) is 0 Å². The smallest absolute Gasteiger partial charge is 0.273 e. The van der Waals surface area contributed by atoms with Crippen molar-refractivity contribution in [1.82, 2.24) is 15.1 Å². The third kappa shape index (κ3) is 4.27. The van der Waals surface area contributed by atoms with E-state index in [0.717, 1.165) is 30.4 Å². The van der Waals surface area contributed by atoms with Crippen LogP contribution < -0.4 is 9.47 Å². The van der Waals surface area contributed by atoms with E-state index in [-0.39, 0.29) is 17.7 Å². The summed E-state index contributed by atoms with van der Waals surface area (Å²) >= 11 is 0. The van der Waals surface area contributed by atoms with Crippen molar-refractivity contribution in [3.63, 3.8) is 0 Å². The van der Waals surface area contributed by atoms with Gasteiger partial charge in [-0.2, -0.15) is 5.10 Å². The summed E-state index contributed by atoms with van der Waals surface area (Å²) in [6, 6.07) is 12.6. The standard InChI is InChI=1S/C26H31N3O4/c1-4-7-14-29-25(17-12-13-20(33-15-5-2)21(16-17)32-6-3)22-23(27-28-24(22)26(29)31)18-10-8-9-11-19(18)30/h8-13,16,25,30H,4-7,14-15H2,1-3H3,(H,27,28)/t25-/m0/s1. The van der Waals surface area contributed by atoms with Gasteiger partial charge >= 0.3 is 0 Å². The monoisotopic (exact) mass is 449 g/mol. The second kappa shape index (κ2) is 9.98. The molecular weight excluding hydrogens is 418 g/mol. The van der Waals surface area contributed by atoms with Crippen molar-refractivity contribution < 1.29 is 19.4 Å². The lowest BCUT2D eigenvalue weighted by Gasteiger charge is -2.27. The lowest BCUT2D eigenvalue weighted by Crippen LogP contribution is -2.30. The van der Waals surface area contributed by atoms with Crippen LogP contribution in [0.5, 0.6) is 17.2 Å². The molecule has 1 aliphatic heterocycles. The molecule has 4 rings (SSSR count). The van der Waals surface area contributed by atoms with Crippen molar-refractivity contribution in [1.29, 1.82) is 0 Å². The number of aromatic nitrogens is 2. The number of carbonyl (C=O) groups is 1. The molecule has 1 aromatic heterocycles. The number of para-hydroxylation sites is 1. The first-order valence-corrected chi connectivity index (χ1v) is 11.7. The van der Waals surface area contributed by atoms with Gasteiger partial charge in [0.1, 0.15) is 17.1 Å². The fraction of sp³-hybridized carbons (Fsp3) is 0.385. The van der Waals surface area contributed by atoms with E-state index >= 15 is 0 Å². The number of fused-ring (bicyclic) bond motifs is 1. The lowest BCUT2D eigenvalue weighted by molar-refractivity contribution is 0.0741. The molecule has 0 saturated carbocycles. The summed E-state index contributed by atoms with van der Waals surface area (Å²) in [5.41, 5.74) is 3.35. The van der Waals surface area contributed by atoms with Crippen LogP contribution in [0.25, 0.3) is 11.3 Å². The Bertz CT molecular complexity index is 1120. The van der Waals surface area contributed by atoms with Gasteiger partial charge in [-0.3, -0.25) is 9.89 Å². The molecule has 0 aliphatic carbocycles. The number of ether oxygens (including phenoxy) is 2. The maximum absolute atomic E-state index is 13.4. The van der Waals surface area contributed by atoms with Crippen LogP contribution in [0, 0.1) is 0 Å². The summed E-state index contributed by atoms with van der Waals surface area (Å²) in [5.74, 6) is 1.40. The van der Waals surface area contributed by atoms with Crippen molar-refractivity contribution in [3.8, 4) is 28.5 Å². The third-order valence-electron chi connectivity index (χ3n) is 5.82.